The first-order chi connectivity index (χ1) is 8.65. The van der Waals surface area contributed by atoms with E-state index in [1.165, 1.54) is 7.11 Å². The van der Waals surface area contributed by atoms with Gasteiger partial charge in [0.15, 0.2) is 0 Å². The number of halogens is 1. The third kappa shape index (κ3) is 2.82. The summed E-state index contributed by atoms with van der Waals surface area (Å²) >= 11 is 3.32. The van der Waals surface area contributed by atoms with Gasteiger partial charge < -0.3 is 10.1 Å². The molecule has 0 aromatic heterocycles. The standard InChI is InChI=1S/C13H13BrN2O2/c1-18-12-6-9(14)4-5-10(12)13(17)16-11(7-15)8-2-3-8/h4-6,8,11H,2-3H2,1H3,(H,16,17). The highest BCUT2D eigenvalue weighted by Gasteiger charge is 2.32. The van der Waals surface area contributed by atoms with Crippen LogP contribution >= 0.6 is 15.9 Å². The molecule has 1 atom stereocenters. The molecule has 94 valence electrons. The summed E-state index contributed by atoms with van der Waals surface area (Å²) in [6, 6.07) is 6.92. The number of benzene rings is 1. The summed E-state index contributed by atoms with van der Waals surface area (Å²) in [6.45, 7) is 0. The summed E-state index contributed by atoms with van der Waals surface area (Å²) in [5, 5.41) is 11.7. The van der Waals surface area contributed by atoms with Gasteiger partial charge in [0.2, 0.25) is 0 Å². The minimum atomic E-state index is -0.397. The van der Waals surface area contributed by atoms with Crippen molar-refractivity contribution in [3.63, 3.8) is 0 Å². The molecule has 0 spiro atoms. The van der Waals surface area contributed by atoms with E-state index in [4.69, 9.17) is 10.00 Å². The Labute approximate surface area is 114 Å². The molecule has 0 bridgehead atoms. The van der Waals surface area contributed by atoms with Gasteiger partial charge >= 0.3 is 0 Å². The zero-order chi connectivity index (χ0) is 13.1. The lowest BCUT2D eigenvalue weighted by molar-refractivity contribution is 0.0939. The van der Waals surface area contributed by atoms with Gasteiger partial charge in [-0.15, -0.1) is 0 Å². The highest BCUT2D eigenvalue weighted by molar-refractivity contribution is 9.10. The lowest BCUT2D eigenvalue weighted by atomic mass is 10.1. The van der Waals surface area contributed by atoms with E-state index >= 15 is 0 Å². The Morgan fingerprint density at radius 2 is 2.33 bits per heavy atom. The van der Waals surface area contributed by atoms with Gasteiger partial charge in [0.25, 0.3) is 5.91 Å². The van der Waals surface area contributed by atoms with Crippen molar-refractivity contribution < 1.29 is 9.53 Å². The second-order valence-electron chi connectivity index (χ2n) is 4.26. The van der Waals surface area contributed by atoms with Crippen LogP contribution in [0.3, 0.4) is 0 Å². The topological polar surface area (TPSA) is 62.1 Å². The average molecular weight is 309 g/mol. The second kappa shape index (κ2) is 5.40. The number of rotatable bonds is 4. The molecule has 1 saturated carbocycles. The Balaban J connectivity index is 2.15. The van der Waals surface area contributed by atoms with Crippen LogP contribution < -0.4 is 10.1 Å². The largest absolute Gasteiger partial charge is 0.496 e. The summed E-state index contributed by atoms with van der Waals surface area (Å²) in [6.07, 6.45) is 2.02. The van der Waals surface area contributed by atoms with Gasteiger partial charge in [-0.1, -0.05) is 15.9 Å². The number of hydrogen-bond donors (Lipinski definition) is 1. The van der Waals surface area contributed by atoms with Crippen LogP contribution in [0.4, 0.5) is 0 Å². The lowest BCUT2D eigenvalue weighted by Crippen LogP contribution is -2.35. The molecule has 1 fully saturated rings. The normalized spacial score (nSPS) is 15.6. The Hall–Kier alpha value is -1.54. The first-order valence-electron chi connectivity index (χ1n) is 5.69. The zero-order valence-corrected chi connectivity index (χ0v) is 11.5. The summed E-state index contributed by atoms with van der Waals surface area (Å²) in [7, 11) is 1.52. The SMILES string of the molecule is COc1cc(Br)ccc1C(=O)NC(C#N)C1CC1. The summed E-state index contributed by atoms with van der Waals surface area (Å²) in [5.41, 5.74) is 0.446. The maximum absolute atomic E-state index is 12.1. The van der Waals surface area contributed by atoms with E-state index in [-0.39, 0.29) is 5.91 Å². The number of nitriles is 1. The number of nitrogens with zero attached hydrogens (tertiary/aromatic N) is 1. The third-order valence-electron chi connectivity index (χ3n) is 2.93. The zero-order valence-electron chi connectivity index (χ0n) is 9.94. The summed E-state index contributed by atoms with van der Waals surface area (Å²) < 4.78 is 6.01. The predicted octanol–water partition coefficient (Wildman–Crippen LogP) is 2.49. The van der Waals surface area contributed by atoms with Crippen LogP contribution in [0.1, 0.15) is 23.2 Å². The molecule has 1 aromatic rings. The monoisotopic (exact) mass is 308 g/mol. The number of carbonyl (C=O) groups excluding carboxylic acids is 1. The van der Waals surface area contributed by atoms with Crippen molar-refractivity contribution >= 4 is 21.8 Å². The Kier molecular flexibility index (Phi) is 3.87. The first kappa shape index (κ1) is 12.9. The van der Waals surface area contributed by atoms with Gasteiger partial charge in [-0.25, -0.2) is 0 Å². The highest BCUT2D eigenvalue weighted by atomic mass is 79.9. The van der Waals surface area contributed by atoms with Gasteiger partial charge in [0.05, 0.1) is 18.7 Å². The van der Waals surface area contributed by atoms with Gasteiger partial charge in [-0.3, -0.25) is 4.79 Å². The maximum atomic E-state index is 12.1. The van der Waals surface area contributed by atoms with Crippen molar-refractivity contribution in [2.45, 2.75) is 18.9 Å². The van der Waals surface area contributed by atoms with Gasteiger partial charge in [0.1, 0.15) is 11.8 Å². The van der Waals surface area contributed by atoms with E-state index in [0.29, 0.717) is 17.2 Å². The molecule has 5 heteroatoms. The molecule has 1 unspecified atom stereocenters. The van der Waals surface area contributed by atoms with E-state index < -0.39 is 6.04 Å². The Bertz CT molecular complexity index is 506. The predicted molar refractivity (Wildman–Crippen MR) is 70.3 cm³/mol. The fourth-order valence-electron chi connectivity index (χ4n) is 1.76. The molecule has 1 aliphatic rings. The molecule has 1 aliphatic carbocycles. The van der Waals surface area contributed by atoms with Crippen LogP contribution in [0.15, 0.2) is 22.7 Å². The van der Waals surface area contributed by atoms with E-state index in [2.05, 4.69) is 27.3 Å². The maximum Gasteiger partial charge on any atom is 0.256 e. The Morgan fingerprint density at radius 1 is 1.61 bits per heavy atom. The molecule has 1 N–H and O–H groups in total. The number of methoxy groups -OCH3 is 1. The van der Waals surface area contributed by atoms with E-state index in [1.54, 1.807) is 18.2 Å². The van der Waals surface area contributed by atoms with Crippen molar-refractivity contribution in [3.8, 4) is 11.8 Å². The quantitative estimate of drug-likeness (QED) is 0.929. The minimum Gasteiger partial charge on any atom is -0.496 e. The number of ether oxygens (including phenoxy) is 1. The van der Waals surface area contributed by atoms with Crippen LogP contribution in [0.5, 0.6) is 5.75 Å². The molecule has 1 amide bonds. The molecule has 1 aromatic carbocycles. The highest BCUT2D eigenvalue weighted by Crippen LogP contribution is 2.32. The number of hydrogen-bond acceptors (Lipinski definition) is 3. The van der Waals surface area contributed by atoms with Gasteiger partial charge in [0, 0.05) is 4.47 Å². The van der Waals surface area contributed by atoms with Crippen molar-refractivity contribution in [1.29, 1.82) is 5.26 Å². The molecule has 2 rings (SSSR count). The van der Waals surface area contributed by atoms with Crippen LogP contribution in [0.25, 0.3) is 0 Å². The second-order valence-corrected chi connectivity index (χ2v) is 5.18. The van der Waals surface area contributed by atoms with E-state index in [9.17, 15) is 4.79 Å². The van der Waals surface area contributed by atoms with Crippen molar-refractivity contribution in [2.24, 2.45) is 5.92 Å². The van der Waals surface area contributed by atoms with Gasteiger partial charge in [-0.05, 0) is 37.0 Å². The Morgan fingerprint density at radius 3 is 2.89 bits per heavy atom. The molecular formula is C13H13BrN2O2. The molecule has 0 heterocycles. The van der Waals surface area contributed by atoms with Crippen molar-refractivity contribution in [1.82, 2.24) is 5.32 Å². The van der Waals surface area contributed by atoms with Crippen LogP contribution in [-0.2, 0) is 0 Å². The third-order valence-corrected chi connectivity index (χ3v) is 3.42. The van der Waals surface area contributed by atoms with Crippen LogP contribution in [-0.4, -0.2) is 19.1 Å². The van der Waals surface area contributed by atoms with Crippen molar-refractivity contribution in [3.05, 3.63) is 28.2 Å². The van der Waals surface area contributed by atoms with Gasteiger partial charge in [-0.2, -0.15) is 5.26 Å². The minimum absolute atomic E-state index is 0.266. The molecule has 0 aliphatic heterocycles. The number of nitrogens with one attached hydrogen (secondary N) is 1. The molecule has 0 radical (unpaired) electrons. The van der Waals surface area contributed by atoms with Crippen LogP contribution in [0.2, 0.25) is 0 Å². The smallest absolute Gasteiger partial charge is 0.256 e. The number of amides is 1. The molecule has 4 nitrogen and oxygen atoms in total. The average Bonchev–Trinajstić information content (AvgIpc) is 3.19. The lowest BCUT2D eigenvalue weighted by Gasteiger charge is -2.12. The summed E-state index contributed by atoms with van der Waals surface area (Å²) in [4.78, 5) is 12.1. The molecule has 18 heavy (non-hydrogen) atoms. The van der Waals surface area contributed by atoms with Crippen LogP contribution in [0, 0.1) is 17.2 Å². The van der Waals surface area contributed by atoms with E-state index in [0.717, 1.165) is 17.3 Å². The first-order valence-corrected chi connectivity index (χ1v) is 6.49. The fourth-order valence-corrected chi connectivity index (χ4v) is 2.10. The fraction of sp³-hybridized carbons (Fsp3) is 0.385. The number of carbonyl (C=O) groups is 1. The van der Waals surface area contributed by atoms with Crippen molar-refractivity contribution in [2.75, 3.05) is 7.11 Å². The molecular weight excluding hydrogens is 296 g/mol. The molecule has 0 saturated heterocycles. The van der Waals surface area contributed by atoms with E-state index in [1.807, 2.05) is 0 Å². The summed E-state index contributed by atoms with van der Waals surface area (Å²) in [5.74, 6) is 0.535.